The second-order valence-corrected chi connectivity index (χ2v) is 4.70. The summed E-state index contributed by atoms with van der Waals surface area (Å²) in [4.78, 5) is 12.1. The summed E-state index contributed by atoms with van der Waals surface area (Å²) in [7, 11) is 0. The van der Waals surface area contributed by atoms with E-state index in [9.17, 15) is 0 Å². The highest BCUT2D eigenvalue weighted by atomic mass is 16.5. The molecule has 0 fully saturated rings. The van der Waals surface area contributed by atoms with E-state index < -0.39 is 0 Å². The molecule has 4 N–H and O–H groups in total. The number of nitrogens with one attached hydrogen (secondary N) is 1. The summed E-state index contributed by atoms with van der Waals surface area (Å²) in [6.07, 6.45) is 3.77. The van der Waals surface area contributed by atoms with E-state index in [-0.39, 0.29) is 18.6 Å². The van der Waals surface area contributed by atoms with Crippen molar-refractivity contribution in [3.8, 4) is 6.01 Å². The predicted octanol–water partition coefficient (Wildman–Crippen LogP) is 1.45. The smallest absolute Gasteiger partial charge is 0.323 e. The average molecular weight is 283 g/mol. The number of nitrogens with two attached hydrogens (primary N) is 1. The predicted molar refractivity (Wildman–Crippen MR) is 78.6 cm³/mol. The topological polar surface area (TPSA) is 106 Å². The Hall–Kier alpha value is -1.63. The van der Waals surface area contributed by atoms with Gasteiger partial charge in [-0.05, 0) is 25.2 Å². The fourth-order valence-corrected chi connectivity index (χ4v) is 1.88. The van der Waals surface area contributed by atoms with Crippen LogP contribution >= 0.6 is 0 Å². The molecule has 0 aromatic carbocycles. The molecule has 114 valence electrons. The van der Waals surface area contributed by atoms with Crippen LogP contribution in [0.2, 0.25) is 0 Å². The zero-order chi connectivity index (χ0) is 14.8. The van der Waals surface area contributed by atoms with E-state index in [1.807, 2.05) is 6.92 Å². The van der Waals surface area contributed by atoms with Crippen LogP contribution in [0.3, 0.4) is 0 Å². The third-order valence-electron chi connectivity index (χ3n) is 2.85. The number of anilines is 2. The SMILES string of the molecule is CCCOc1nc(N)nc(NCC(CCC)CCO)n1. The van der Waals surface area contributed by atoms with Crippen LogP contribution in [0.1, 0.15) is 39.5 Å². The van der Waals surface area contributed by atoms with Gasteiger partial charge in [0, 0.05) is 13.2 Å². The lowest BCUT2D eigenvalue weighted by Gasteiger charge is -2.15. The van der Waals surface area contributed by atoms with Crippen LogP contribution in [0.5, 0.6) is 6.01 Å². The lowest BCUT2D eigenvalue weighted by molar-refractivity contribution is 0.255. The highest BCUT2D eigenvalue weighted by Gasteiger charge is 2.10. The molecule has 1 aromatic rings. The van der Waals surface area contributed by atoms with Crippen LogP contribution in [-0.2, 0) is 0 Å². The zero-order valence-corrected chi connectivity index (χ0v) is 12.3. The van der Waals surface area contributed by atoms with Crippen molar-refractivity contribution in [2.24, 2.45) is 5.92 Å². The minimum atomic E-state index is 0.141. The fraction of sp³-hybridized carbons (Fsp3) is 0.769. The van der Waals surface area contributed by atoms with Crippen molar-refractivity contribution in [3.05, 3.63) is 0 Å². The van der Waals surface area contributed by atoms with E-state index in [1.54, 1.807) is 0 Å². The van der Waals surface area contributed by atoms with E-state index in [0.29, 0.717) is 25.0 Å². The van der Waals surface area contributed by atoms with Crippen LogP contribution in [0.25, 0.3) is 0 Å². The van der Waals surface area contributed by atoms with Crippen LogP contribution in [0, 0.1) is 5.92 Å². The van der Waals surface area contributed by atoms with Crippen molar-refractivity contribution in [2.75, 3.05) is 30.8 Å². The second kappa shape index (κ2) is 9.30. The second-order valence-electron chi connectivity index (χ2n) is 4.70. The lowest BCUT2D eigenvalue weighted by atomic mass is 10.0. The monoisotopic (exact) mass is 283 g/mol. The number of nitrogen functional groups attached to an aromatic ring is 1. The van der Waals surface area contributed by atoms with Gasteiger partial charge in [0.25, 0.3) is 0 Å². The molecule has 1 heterocycles. The number of hydrogen-bond acceptors (Lipinski definition) is 7. The maximum atomic E-state index is 9.04. The van der Waals surface area contributed by atoms with Gasteiger partial charge in [-0.2, -0.15) is 15.0 Å². The Bertz CT molecular complexity index is 383. The molecule has 7 nitrogen and oxygen atoms in total. The van der Waals surface area contributed by atoms with Gasteiger partial charge < -0.3 is 20.9 Å². The normalized spacial score (nSPS) is 12.2. The molecule has 0 saturated carbocycles. The van der Waals surface area contributed by atoms with E-state index in [0.717, 1.165) is 25.7 Å². The van der Waals surface area contributed by atoms with Gasteiger partial charge in [0.15, 0.2) is 0 Å². The average Bonchev–Trinajstić information content (AvgIpc) is 2.42. The van der Waals surface area contributed by atoms with E-state index in [4.69, 9.17) is 15.6 Å². The van der Waals surface area contributed by atoms with Crippen LogP contribution in [-0.4, -0.2) is 39.8 Å². The van der Waals surface area contributed by atoms with Gasteiger partial charge in [-0.15, -0.1) is 0 Å². The fourth-order valence-electron chi connectivity index (χ4n) is 1.88. The van der Waals surface area contributed by atoms with Crippen LogP contribution in [0.15, 0.2) is 0 Å². The van der Waals surface area contributed by atoms with Gasteiger partial charge >= 0.3 is 6.01 Å². The van der Waals surface area contributed by atoms with Crippen molar-refractivity contribution in [3.63, 3.8) is 0 Å². The highest BCUT2D eigenvalue weighted by molar-refractivity contribution is 5.32. The molecule has 0 aliphatic carbocycles. The summed E-state index contributed by atoms with van der Waals surface area (Å²) in [6.45, 7) is 5.57. The third kappa shape index (κ3) is 6.01. The van der Waals surface area contributed by atoms with Gasteiger partial charge in [-0.1, -0.05) is 20.3 Å². The summed E-state index contributed by atoms with van der Waals surface area (Å²) in [5.74, 6) is 0.952. The Morgan fingerprint density at radius 2 is 2.00 bits per heavy atom. The number of aliphatic hydroxyl groups is 1. The van der Waals surface area contributed by atoms with Crippen molar-refractivity contribution in [1.82, 2.24) is 15.0 Å². The van der Waals surface area contributed by atoms with Gasteiger partial charge in [-0.3, -0.25) is 0 Å². The summed E-state index contributed by atoms with van der Waals surface area (Å²) in [5, 5.41) is 12.2. The van der Waals surface area contributed by atoms with E-state index in [1.165, 1.54) is 0 Å². The standard InChI is InChI=1S/C13H25N5O2/c1-3-5-10(6-7-19)9-15-12-16-11(14)17-13(18-12)20-8-4-2/h10,19H,3-9H2,1-2H3,(H3,14,15,16,17,18). The van der Waals surface area contributed by atoms with Gasteiger partial charge in [0.1, 0.15) is 0 Å². The van der Waals surface area contributed by atoms with Crippen LogP contribution < -0.4 is 15.8 Å². The number of ether oxygens (including phenoxy) is 1. The maximum Gasteiger partial charge on any atom is 0.323 e. The first-order valence-corrected chi connectivity index (χ1v) is 7.18. The molecular weight excluding hydrogens is 258 g/mol. The number of nitrogens with zero attached hydrogens (tertiary/aromatic N) is 3. The molecule has 0 radical (unpaired) electrons. The molecule has 20 heavy (non-hydrogen) atoms. The van der Waals surface area contributed by atoms with Crippen molar-refractivity contribution < 1.29 is 9.84 Å². The Morgan fingerprint density at radius 3 is 2.65 bits per heavy atom. The molecule has 1 aromatic heterocycles. The maximum absolute atomic E-state index is 9.04. The molecule has 0 bridgehead atoms. The van der Waals surface area contributed by atoms with Crippen molar-refractivity contribution in [2.45, 2.75) is 39.5 Å². The van der Waals surface area contributed by atoms with E-state index in [2.05, 4.69) is 27.2 Å². The van der Waals surface area contributed by atoms with Gasteiger partial charge in [-0.25, -0.2) is 0 Å². The molecule has 0 saturated heterocycles. The Morgan fingerprint density at radius 1 is 1.20 bits per heavy atom. The van der Waals surface area contributed by atoms with Gasteiger partial charge in [0.05, 0.1) is 6.61 Å². The first kappa shape index (κ1) is 16.4. The summed E-state index contributed by atoms with van der Waals surface area (Å²) in [5.41, 5.74) is 5.63. The summed E-state index contributed by atoms with van der Waals surface area (Å²) < 4.78 is 5.36. The van der Waals surface area contributed by atoms with Crippen molar-refractivity contribution >= 4 is 11.9 Å². The lowest BCUT2D eigenvalue weighted by Crippen LogP contribution is -2.18. The largest absolute Gasteiger partial charge is 0.463 e. The number of aromatic nitrogens is 3. The summed E-state index contributed by atoms with van der Waals surface area (Å²) in [6, 6.07) is 0.246. The summed E-state index contributed by atoms with van der Waals surface area (Å²) >= 11 is 0. The third-order valence-corrected chi connectivity index (χ3v) is 2.85. The molecule has 1 unspecified atom stereocenters. The van der Waals surface area contributed by atoms with Gasteiger partial charge in [0.2, 0.25) is 11.9 Å². The molecule has 1 rings (SSSR count). The molecular formula is C13H25N5O2. The van der Waals surface area contributed by atoms with Crippen molar-refractivity contribution in [1.29, 1.82) is 0 Å². The highest BCUT2D eigenvalue weighted by Crippen LogP contribution is 2.13. The molecule has 0 spiro atoms. The zero-order valence-electron chi connectivity index (χ0n) is 12.3. The Balaban J connectivity index is 2.59. The molecule has 7 heteroatoms. The molecule has 0 aliphatic rings. The Labute approximate surface area is 120 Å². The minimum absolute atomic E-state index is 0.141. The Kier molecular flexibility index (Phi) is 7.64. The number of rotatable bonds is 10. The molecule has 0 amide bonds. The minimum Gasteiger partial charge on any atom is -0.463 e. The first-order valence-electron chi connectivity index (χ1n) is 7.18. The first-order chi connectivity index (χ1) is 9.69. The van der Waals surface area contributed by atoms with Crippen LogP contribution in [0.4, 0.5) is 11.9 Å². The molecule has 0 aliphatic heterocycles. The number of hydrogen-bond donors (Lipinski definition) is 3. The van der Waals surface area contributed by atoms with E-state index >= 15 is 0 Å². The number of aliphatic hydroxyl groups excluding tert-OH is 1. The quantitative estimate of drug-likeness (QED) is 0.596. The molecule has 1 atom stereocenters.